The molecule has 1 spiro atoms. The van der Waals surface area contributed by atoms with E-state index in [4.69, 9.17) is 0 Å². The van der Waals surface area contributed by atoms with Gasteiger partial charge in [0.2, 0.25) is 5.91 Å². The highest BCUT2D eigenvalue weighted by Gasteiger charge is 2.60. The Morgan fingerprint density at radius 2 is 1.68 bits per heavy atom. The summed E-state index contributed by atoms with van der Waals surface area (Å²) >= 11 is 0. The number of benzene rings is 3. The highest BCUT2D eigenvalue weighted by Crippen LogP contribution is 2.55. The zero-order valence-corrected chi connectivity index (χ0v) is 20.7. The van der Waals surface area contributed by atoms with Gasteiger partial charge in [-0.2, -0.15) is 13.2 Å². The number of fused-ring (bicyclic) bond motifs is 3. The van der Waals surface area contributed by atoms with Gasteiger partial charge < -0.3 is 10.0 Å². The number of hydrogen-bond donors (Lipinski definition) is 1. The summed E-state index contributed by atoms with van der Waals surface area (Å²) in [5.41, 5.74) is -0.761. The largest absolute Gasteiger partial charge is 0.508 e. The highest BCUT2D eigenvalue weighted by atomic mass is 19.4. The van der Waals surface area contributed by atoms with Crippen molar-refractivity contribution in [2.45, 2.75) is 44.7 Å². The maximum Gasteiger partial charge on any atom is 0.416 e. The van der Waals surface area contributed by atoms with Crippen LogP contribution in [-0.4, -0.2) is 23.5 Å². The Bertz CT molecular complexity index is 1390. The van der Waals surface area contributed by atoms with Crippen molar-refractivity contribution in [2.24, 2.45) is 5.92 Å². The van der Waals surface area contributed by atoms with Gasteiger partial charge in [-0.25, -0.2) is 0 Å². The number of phenols is 1. The molecule has 0 saturated carbocycles. The molecule has 5 nitrogen and oxygen atoms in total. The molecule has 3 aromatic carbocycles. The van der Waals surface area contributed by atoms with Crippen LogP contribution in [0.2, 0.25) is 0 Å². The van der Waals surface area contributed by atoms with Crippen molar-refractivity contribution in [1.82, 2.24) is 0 Å². The minimum Gasteiger partial charge on any atom is -0.508 e. The van der Waals surface area contributed by atoms with Crippen molar-refractivity contribution in [1.29, 1.82) is 0 Å². The fourth-order valence-electron chi connectivity index (χ4n) is 5.78. The molecular formula is C29H27F3N2O3. The van der Waals surface area contributed by atoms with Gasteiger partial charge in [0.05, 0.1) is 16.9 Å². The Morgan fingerprint density at radius 1 is 0.973 bits per heavy atom. The van der Waals surface area contributed by atoms with Crippen molar-refractivity contribution >= 4 is 28.9 Å². The molecule has 0 radical (unpaired) electrons. The van der Waals surface area contributed by atoms with E-state index in [9.17, 15) is 27.9 Å². The van der Waals surface area contributed by atoms with E-state index < -0.39 is 29.0 Å². The first-order valence-corrected chi connectivity index (χ1v) is 12.3. The molecule has 0 saturated heterocycles. The molecule has 1 aliphatic carbocycles. The number of aromatic hydroxyl groups is 1. The number of likely N-dealkylation sites (N-methyl/N-ethyl adjacent to an activating group) is 1. The molecule has 2 aliphatic rings. The second-order valence-electron chi connectivity index (χ2n) is 9.96. The van der Waals surface area contributed by atoms with Crippen LogP contribution in [0.1, 0.15) is 49.8 Å². The van der Waals surface area contributed by atoms with Crippen molar-refractivity contribution in [3.05, 3.63) is 83.4 Å². The molecular weight excluding hydrogens is 481 g/mol. The van der Waals surface area contributed by atoms with Crippen molar-refractivity contribution in [3.8, 4) is 5.75 Å². The number of rotatable bonds is 3. The van der Waals surface area contributed by atoms with Crippen LogP contribution in [0, 0.1) is 5.92 Å². The number of phenolic OH excluding ortho intramolecular Hbond substituents is 1. The third-order valence-corrected chi connectivity index (χ3v) is 7.57. The molecule has 1 N–H and O–H groups in total. The number of nitrogens with zero attached hydrogens (tertiary/aromatic N) is 2. The number of alkyl halides is 3. The van der Waals surface area contributed by atoms with E-state index in [1.54, 1.807) is 49.4 Å². The van der Waals surface area contributed by atoms with Crippen LogP contribution >= 0.6 is 0 Å². The highest BCUT2D eigenvalue weighted by molar-refractivity contribution is 6.27. The van der Waals surface area contributed by atoms with Crippen molar-refractivity contribution < 1.29 is 27.9 Å². The topological polar surface area (TPSA) is 60.9 Å². The van der Waals surface area contributed by atoms with Crippen LogP contribution in [-0.2, 0) is 21.2 Å². The lowest BCUT2D eigenvalue weighted by atomic mass is 9.77. The Balaban J connectivity index is 1.85. The van der Waals surface area contributed by atoms with Gasteiger partial charge in [-0.15, -0.1) is 0 Å². The SMILES string of the molecule is CCN1C(=O)C2(CC(C(C)C)c3cc(O)ccc32)C(=O)N(c2ccccc2)c2cc(C(F)(F)F)ccc21. The minimum absolute atomic E-state index is 0.00595. The number of carbonyl (C=O) groups excluding carboxylic acids is 2. The minimum atomic E-state index is -4.63. The van der Waals surface area contributed by atoms with Gasteiger partial charge >= 0.3 is 6.18 Å². The lowest BCUT2D eigenvalue weighted by molar-refractivity contribution is -0.138. The van der Waals surface area contributed by atoms with Crippen LogP contribution in [0.4, 0.5) is 30.2 Å². The van der Waals surface area contributed by atoms with E-state index in [2.05, 4.69) is 0 Å². The van der Waals surface area contributed by atoms with Gasteiger partial charge in [0.25, 0.3) is 5.91 Å². The zero-order valence-electron chi connectivity index (χ0n) is 20.7. The molecule has 3 aromatic rings. The van der Waals surface area contributed by atoms with Crippen LogP contribution in [0.5, 0.6) is 5.75 Å². The summed E-state index contributed by atoms with van der Waals surface area (Å²) in [6.45, 7) is 5.87. The molecule has 1 heterocycles. The van der Waals surface area contributed by atoms with Crippen LogP contribution in [0.25, 0.3) is 0 Å². The molecule has 2 unspecified atom stereocenters. The zero-order chi connectivity index (χ0) is 26.7. The lowest BCUT2D eigenvalue weighted by Crippen LogP contribution is -2.53. The summed E-state index contributed by atoms with van der Waals surface area (Å²) < 4.78 is 41.4. The van der Waals surface area contributed by atoms with E-state index in [0.29, 0.717) is 16.8 Å². The normalized spacial score (nSPS) is 21.4. The Hall–Kier alpha value is -3.81. The van der Waals surface area contributed by atoms with Crippen LogP contribution < -0.4 is 9.80 Å². The molecule has 0 aromatic heterocycles. The molecule has 8 heteroatoms. The third-order valence-electron chi connectivity index (χ3n) is 7.57. The van der Waals surface area contributed by atoms with Gasteiger partial charge in [0.15, 0.2) is 5.41 Å². The van der Waals surface area contributed by atoms with Gasteiger partial charge in [-0.1, -0.05) is 38.1 Å². The standard InChI is InChI=1S/C29H27F3N2O3/c1-4-33-24-13-10-18(29(30,31)32)14-25(24)34(19-8-6-5-7-9-19)27(37)28(26(33)36)16-22(17(2)3)21-15-20(35)11-12-23(21)28/h5-15,17,22,35H,4,16H2,1-3H3. The summed E-state index contributed by atoms with van der Waals surface area (Å²) in [5.74, 6) is -1.22. The molecule has 1 aliphatic heterocycles. The van der Waals surface area contributed by atoms with Gasteiger partial charge in [-0.3, -0.25) is 14.5 Å². The second-order valence-corrected chi connectivity index (χ2v) is 9.96. The fraction of sp³-hybridized carbons (Fsp3) is 0.310. The molecule has 192 valence electrons. The Kier molecular flexibility index (Phi) is 5.81. The maximum absolute atomic E-state index is 14.7. The Morgan fingerprint density at radius 3 is 2.30 bits per heavy atom. The second kappa shape index (κ2) is 8.64. The monoisotopic (exact) mass is 508 g/mol. The van der Waals surface area contributed by atoms with E-state index in [-0.39, 0.29) is 41.9 Å². The Labute approximate surface area is 213 Å². The van der Waals surface area contributed by atoms with Gasteiger partial charge in [-0.05, 0) is 78.8 Å². The predicted molar refractivity (Wildman–Crippen MR) is 135 cm³/mol. The molecule has 37 heavy (non-hydrogen) atoms. The summed E-state index contributed by atoms with van der Waals surface area (Å²) in [6.07, 6.45) is -4.48. The van der Waals surface area contributed by atoms with Gasteiger partial charge in [0.1, 0.15) is 5.75 Å². The number of hydrogen-bond acceptors (Lipinski definition) is 3. The third kappa shape index (κ3) is 3.69. The number of anilines is 3. The number of amides is 2. The first-order valence-electron chi connectivity index (χ1n) is 12.3. The predicted octanol–water partition coefficient (Wildman–Crippen LogP) is 6.52. The van der Waals surface area contributed by atoms with E-state index >= 15 is 0 Å². The summed E-state index contributed by atoms with van der Waals surface area (Å²) in [5, 5.41) is 10.2. The van der Waals surface area contributed by atoms with Crippen LogP contribution in [0.15, 0.2) is 66.7 Å². The molecule has 0 bridgehead atoms. The smallest absolute Gasteiger partial charge is 0.416 e. The number of halogens is 3. The average molecular weight is 509 g/mol. The summed E-state index contributed by atoms with van der Waals surface area (Å²) in [6, 6.07) is 16.3. The molecule has 2 atom stereocenters. The molecule has 0 fully saturated rings. The maximum atomic E-state index is 14.7. The van der Waals surface area contributed by atoms with Crippen LogP contribution in [0.3, 0.4) is 0 Å². The van der Waals surface area contributed by atoms with Gasteiger partial charge in [0, 0.05) is 12.2 Å². The fourth-order valence-corrected chi connectivity index (χ4v) is 5.78. The number of carbonyl (C=O) groups is 2. The summed E-state index contributed by atoms with van der Waals surface area (Å²) in [4.78, 5) is 31.8. The summed E-state index contributed by atoms with van der Waals surface area (Å²) in [7, 11) is 0. The van der Waals surface area contributed by atoms with Crippen molar-refractivity contribution in [3.63, 3.8) is 0 Å². The van der Waals surface area contributed by atoms with E-state index in [0.717, 1.165) is 12.1 Å². The van der Waals surface area contributed by atoms with E-state index in [1.807, 2.05) is 13.8 Å². The average Bonchev–Trinajstić information content (AvgIpc) is 3.17. The quantitative estimate of drug-likeness (QED) is 0.410. The molecule has 5 rings (SSSR count). The first kappa shape index (κ1) is 24.9. The first-order chi connectivity index (χ1) is 17.5. The number of para-hydroxylation sites is 1. The lowest BCUT2D eigenvalue weighted by Gasteiger charge is -2.33. The van der Waals surface area contributed by atoms with Crippen molar-refractivity contribution in [2.75, 3.05) is 16.3 Å². The van der Waals surface area contributed by atoms with E-state index in [1.165, 1.54) is 21.9 Å². The molecule has 2 amide bonds.